The number of methoxy groups -OCH3 is 1. The molecule has 0 spiro atoms. The van der Waals surface area contributed by atoms with Gasteiger partial charge in [0.2, 0.25) is 5.88 Å². The monoisotopic (exact) mass is 328 g/mol. The van der Waals surface area contributed by atoms with E-state index in [4.69, 9.17) is 9.47 Å². The van der Waals surface area contributed by atoms with Crippen LogP contribution in [-0.2, 0) is 4.74 Å². The van der Waals surface area contributed by atoms with Crippen molar-refractivity contribution in [3.63, 3.8) is 0 Å². The molecule has 2 aromatic rings. The Hall–Kier alpha value is -2.56. The van der Waals surface area contributed by atoms with E-state index >= 15 is 0 Å². The number of carbonyl (C=O) groups is 1. The molecule has 0 unspecified atom stereocenters. The fourth-order valence-electron chi connectivity index (χ4n) is 2.26. The van der Waals surface area contributed by atoms with Crippen LogP contribution in [0.1, 0.15) is 26.3 Å². The van der Waals surface area contributed by atoms with Gasteiger partial charge in [0.15, 0.2) is 0 Å². The van der Waals surface area contributed by atoms with Crippen molar-refractivity contribution in [3.8, 4) is 17.0 Å². The van der Waals surface area contributed by atoms with Crippen LogP contribution in [0, 0.1) is 6.92 Å². The molecule has 1 amide bonds. The molecule has 5 nitrogen and oxygen atoms in total. The van der Waals surface area contributed by atoms with Gasteiger partial charge in [-0.3, -0.25) is 4.90 Å². The highest BCUT2D eigenvalue weighted by molar-refractivity contribution is 5.88. The molecule has 0 fully saturated rings. The summed E-state index contributed by atoms with van der Waals surface area (Å²) in [7, 11) is 3.30. The summed E-state index contributed by atoms with van der Waals surface area (Å²) in [6.07, 6.45) is 1.32. The molecule has 0 radical (unpaired) electrons. The van der Waals surface area contributed by atoms with Crippen LogP contribution >= 0.6 is 0 Å². The number of hydrogen-bond donors (Lipinski definition) is 0. The van der Waals surface area contributed by atoms with Crippen molar-refractivity contribution in [3.05, 3.63) is 42.1 Å². The van der Waals surface area contributed by atoms with E-state index in [-0.39, 0.29) is 6.09 Å². The molecule has 1 heterocycles. The molecule has 0 saturated heterocycles. The van der Waals surface area contributed by atoms with Crippen molar-refractivity contribution in [1.82, 2.24) is 4.98 Å². The van der Waals surface area contributed by atoms with Crippen LogP contribution in [0.15, 0.2) is 36.5 Å². The molecule has 5 heteroatoms. The van der Waals surface area contributed by atoms with E-state index in [2.05, 4.69) is 11.1 Å². The lowest BCUT2D eigenvalue weighted by molar-refractivity contribution is 0.0589. The number of benzene rings is 1. The minimum atomic E-state index is -0.531. The summed E-state index contributed by atoms with van der Waals surface area (Å²) < 4.78 is 10.6. The van der Waals surface area contributed by atoms with Gasteiger partial charge < -0.3 is 9.47 Å². The van der Waals surface area contributed by atoms with Gasteiger partial charge in [-0.15, -0.1) is 0 Å². The fraction of sp³-hybridized carbons (Fsp3) is 0.368. The van der Waals surface area contributed by atoms with Gasteiger partial charge in [-0.1, -0.05) is 6.07 Å². The molecular weight excluding hydrogens is 304 g/mol. The number of pyridine rings is 1. The summed E-state index contributed by atoms with van der Waals surface area (Å²) in [4.78, 5) is 17.9. The van der Waals surface area contributed by atoms with E-state index in [1.165, 1.54) is 4.90 Å². The number of rotatable bonds is 3. The van der Waals surface area contributed by atoms with Gasteiger partial charge in [0.1, 0.15) is 5.60 Å². The van der Waals surface area contributed by atoms with E-state index < -0.39 is 5.60 Å². The molecule has 24 heavy (non-hydrogen) atoms. The average molecular weight is 328 g/mol. The Morgan fingerprint density at radius 1 is 1.12 bits per heavy atom. The van der Waals surface area contributed by atoms with E-state index in [0.29, 0.717) is 5.88 Å². The SMILES string of the molecule is COc1cc(-c2cc(C)cc(N(C)C(=O)OC(C)(C)C)c2)ccn1. The molecule has 0 aliphatic heterocycles. The minimum absolute atomic E-state index is 0.383. The van der Waals surface area contributed by atoms with E-state index in [1.54, 1.807) is 20.4 Å². The molecule has 0 aliphatic carbocycles. The molecule has 128 valence electrons. The highest BCUT2D eigenvalue weighted by Gasteiger charge is 2.21. The van der Waals surface area contributed by atoms with Crippen molar-refractivity contribution < 1.29 is 14.3 Å². The number of anilines is 1. The first kappa shape index (κ1) is 17.8. The zero-order valence-corrected chi connectivity index (χ0v) is 15.1. The van der Waals surface area contributed by atoms with E-state index in [1.807, 2.05) is 52.0 Å². The Morgan fingerprint density at radius 2 is 1.83 bits per heavy atom. The minimum Gasteiger partial charge on any atom is -0.481 e. The highest BCUT2D eigenvalue weighted by Crippen LogP contribution is 2.28. The van der Waals surface area contributed by atoms with Crippen molar-refractivity contribution in [2.75, 3.05) is 19.1 Å². The number of aryl methyl sites for hydroxylation is 1. The summed E-state index contributed by atoms with van der Waals surface area (Å²) in [5.74, 6) is 0.552. The molecule has 0 saturated carbocycles. The van der Waals surface area contributed by atoms with Crippen molar-refractivity contribution in [2.45, 2.75) is 33.3 Å². The molecule has 2 rings (SSSR count). The van der Waals surface area contributed by atoms with Gasteiger partial charge in [-0.05, 0) is 62.6 Å². The third-order valence-corrected chi connectivity index (χ3v) is 3.39. The van der Waals surface area contributed by atoms with Crippen molar-refractivity contribution in [2.24, 2.45) is 0 Å². The summed E-state index contributed by atoms with van der Waals surface area (Å²) in [6, 6.07) is 9.74. The Labute approximate surface area is 143 Å². The van der Waals surface area contributed by atoms with Gasteiger partial charge in [-0.2, -0.15) is 0 Å². The number of amides is 1. The lowest BCUT2D eigenvalue weighted by Gasteiger charge is -2.25. The second-order valence-corrected chi connectivity index (χ2v) is 6.68. The highest BCUT2D eigenvalue weighted by atomic mass is 16.6. The van der Waals surface area contributed by atoms with Crippen LogP contribution in [0.5, 0.6) is 5.88 Å². The van der Waals surface area contributed by atoms with Crippen molar-refractivity contribution in [1.29, 1.82) is 0 Å². The third kappa shape index (κ3) is 4.47. The summed E-state index contributed by atoms with van der Waals surface area (Å²) in [6.45, 7) is 7.55. The third-order valence-electron chi connectivity index (χ3n) is 3.39. The van der Waals surface area contributed by atoms with Gasteiger partial charge in [0.05, 0.1) is 7.11 Å². The van der Waals surface area contributed by atoms with E-state index in [0.717, 1.165) is 22.4 Å². The second kappa shape index (κ2) is 6.91. The first-order valence-electron chi connectivity index (χ1n) is 7.78. The molecule has 1 aromatic heterocycles. The standard InChI is InChI=1S/C19H24N2O3/c1-13-9-15(14-7-8-20-17(12-14)23-6)11-16(10-13)21(5)18(22)24-19(2,3)4/h7-12H,1-6H3. The number of nitrogens with zero attached hydrogens (tertiary/aromatic N) is 2. The van der Waals surface area contributed by atoms with Crippen LogP contribution in [0.2, 0.25) is 0 Å². The molecule has 0 aliphatic rings. The Bertz CT molecular complexity index is 736. The maximum absolute atomic E-state index is 12.3. The second-order valence-electron chi connectivity index (χ2n) is 6.68. The van der Waals surface area contributed by atoms with Crippen LogP contribution in [0.3, 0.4) is 0 Å². The number of aromatic nitrogens is 1. The van der Waals surface area contributed by atoms with Crippen LogP contribution in [-0.4, -0.2) is 30.8 Å². The summed E-state index contributed by atoms with van der Waals surface area (Å²) in [5, 5.41) is 0. The van der Waals surface area contributed by atoms with Gasteiger partial charge in [0.25, 0.3) is 0 Å². The summed E-state index contributed by atoms with van der Waals surface area (Å²) >= 11 is 0. The zero-order valence-electron chi connectivity index (χ0n) is 15.1. The summed E-state index contributed by atoms with van der Waals surface area (Å²) in [5.41, 5.74) is 3.26. The average Bonchev–Trinajstić information content (AvgIpc) is 2.52. The van der Waals surface area contributed by atoms with E-state index in [9.17, 15) is 4.79 Å². The molecule has 0 atom stereocenters. The van der Waals surface area contributed by atoms with Crippen molar-refractivity contribution >= 4 is 11.8 Å². The Kier molecular flexibility index (Phi) is 5.12. The molecule has 0 N–H and O–H groups in total. The Morgan fingerprint density at radius 3 is 2.46 bits per heavy atom. The maximum atomic E-state index is 12.3. The van der Waals surface area contributed by atoms with Gasteiger partial charge >= 0.3 is 6.09 Å². The predicted octanol–water partition coefficient (Wildman–Crippen LogP) is 4.44. The largest absolute Gasteiger partial charge is 0.481 e. The normalized spacial score (nSPS) is 11.1. The fourth-order valence-corrected chi connectivity index (χ4v) is 2.26. The zero-order chi connectivity index (χ0) is 17.9. The van der Waals surface area contributed by atoms with Crippen LogP contribution in [0.25, 0.3) is 11.1 Å². The Balaban J connectivity index is 2.36. The topological polar surface area (TPSA) is 51.7 Å². The maximum Gasteiger partial charge on any atom is 0.414 e. The molecule has 0 bridgehead atoms. The first-order chi connectivity index (χ1) is 11.2. The number of ether oxygens (including phenoxy) is 2. The smallest absolute Gasteiger partial charge is 0.414 e. The number of carbonyl (C=O) groups excluding carboxylic acids is 1. The van der Waals surface area contributed by atoms with Gasteiger partial charge in [0, 0.05) is 25.0 Å². The number of hydrogen-bond acceptors (Lipinski definition) is 4. The lowest BCUT2D eigenvalue weighted by Crippen LogP contribution is -2.34. The predicted molar refractivity (Wildman–Crippen MR) is 95.6 cm³/mol. The quantitative estimate of drug-likeness (QED) is 0.836. The molecule has 1 aromatic carbocycles. The first-order valence-corrected chi connectivity index (χ1v) is 7.78. The lowest BCUT2D eigenvalue weighted by atomic mass is 10.0. The molecular formula is C19H24N2O3. The van der Waals surface area contributed by atoms with Crippen LogP contribution in [0.4, 0.5) is 10.5 Å². The van der Waals surface area contributed by atoms with Crippen LogP contribution < -0.4 is 9.64 Å². The van der Waals surface area contributed by atoms with Gasteiger partial charge in [-0.25, -0.2) is 9.78 Å².